The average Bonchev–Trinajstić information content (AvgIpc) is 3.11. The molecule has 0 radical (unpaired) electrons. The zero-order valence-corrected chi connectivity index (χ0v) is 15.7. The minimum Gasteiger partial charge on any atom is -0.444 e. The van der Waals surface area contributed by atoms with Gasteiger partial charge in [0.2, 0.25) is 0 Å². The zero-order valence-electron chi connectivity index (χ0n) is 14.1. The molecule has 0 bridgehead atoms. The Balaban J connectivity index is 1.64. The molecule has 1 fully saturated rings. The molecule has 0 aliphatic carbocycles. The number of carbonyl (C=O) groups is 1. The molecule has 0 spiro atoms. The lowest BCUT2D eigenvalue weighted by molar-refractivity contribution is 0.0235. The second kappa shape index (κ2) is 6.58. The smallest absolute Gasteiger partial charge is 0.410 e. The Hall–Kier alpha value is -1.83. The predicted octanol–water partition coefficient (Wildman–Crippen LogP) is 3.30. The first-order chi connectivity index (χ1) is 11.3. The molecule has 1 aliphatic heterocycles. The van der Waals surface area contributed by atoms with E-state index in [-0.39, 0.29) is 12.1 Å². The number of nitrogens with zero attached hydrogens (tertiary/aromatic N) is 4. The highest BCUT2D eigenvalue weighted by molar-refractivity contribution is 9.10. The molecule has 2 aromatic rings. The molecule has 1 saturated heterocycles. The Bertz CT molecular complexity index is 740. The van der Waals surface area contributed by atoms with Crippen molar-refractivity contribution in [2.24, 2.45) is 0 Å². The lowest BCUT2D eigenvalue weighted by Crippen LogP contribution is -2.42. The molecule has 2 aromatic heterocycles. The summed E-state index contributed by atoms with van der Waals surface area (Å²) >= 11 is 3.43. The van der Waals surface area contributed by atoms with Gasteiger partial charge in [0.15, 0.2) is 5.65 Å². The van der Waals surface area contributed by atoms with Crippen molar-refractivity contribution in [3.8, 4) is 0 Å². The van der Waals surface area contributed by atoms with Crippen LogP contribution in [0.1, 0.15) is 33.6 Å². The first-order valence-electron chi connectivity index (χ1n) is 8.07. The SMILES string of the molecule is CC(C)(C)OC(=O)N1CCCC1CNc1ccn2ncc(Br)c2n1. The number of hydrogen-bond acceptors (Lipinski definition) is 5. The molecule has 3 heterocycles. The molecule has 8 heteroatoms. The second-order valence-electron chi connectivity index (χ2n) is 6.92. The minimum absolute atomic E-state index is 0.117. The summed E-state index contributed by atoms with van der Waals surface area (Å²) in [5.41, 5.74) is 0.286. The maximum atomic E-state index is 12.3. The number of halogens is 1. The van der Waals surface area contributed by atoms with Crippen molar-refractivity contribution >= 4 is 33.5 Å². The molecule has 7 nitrogen and oxygen atoms in total. The summed E-state index contributed by atoms with van der Waals surface area (Å²) in [4.78, 5) is 18.7. The lowest BCUT2D eigenvalue weighted by atomic mass is 10.2. The van der Waals surface area contributed by atoms with Crippen molar-refractivity contribution in [3.63, 3.8) is 0 Å². The van der Waals surface area contributed by atoms with E-state index in [1.807, 2.05) is 37.9 Å². The van der Waals surface area contributed by atoms with Crippen LogP contribution in [0.4, 0.5) is 10.6 Å². The van der Waals surface area contributed by atoms with Crippen molar-refractivity contribution in [3.05, 3.63) is 22.9 Å². The van der Waals surface area contributed by atoms with Gasteiger partial charge in [-0.05, 0) is 55.6 Å². The molecule has 130 valence electrons. The maximum absolute atomic E-state index is 12.3. The van der Waals surface area contributed by atoms with Crippen molar-refractivity contribution < 1.29 is 9.53 Å². The number of amides is 1. The first-order valence-corrected chi connectivity index (χ1v) is 8.86. The van der Waals surface area contributed by atoms with Gasteiger partial charge in [-0.3, -0.25) is 0 Å². The molecular formula is C16H22BrN5O2. The highest BCUT2D eigenvalue weighted by Crippen LogP contribution is 2.22. The van der Waals surface area contributed by atoms with Crippen LogP contribution in [-0.4, -0.2) is 50.3 Å². The number of fused-ring (bicyclic) bond motifs is 1. The van der Waals surface area contributed by atoms with Crippen molar-refractivity contribution in [1.82, 2.24) is 19.5 Å². The molecule has 1 aliphatic rings. The number of aromatic nitrogens is 3. The van der Waals surface area contributed by atoms with Crippen LogP contribution in [0.25, 0.3) is 5.65 Å². The van der Waals surface area contributed by atoms with Crippen molar-refractivity contribution in [1.29, 1.82) is 0 Å². The van der Waals surface area contributed by atoms with Gasteiger partial charge in [-0.25, -0.2) is 14.3 Å². The molecule has 0 aromatic carbocycles. The molecule has 1 unspecified atom stereocenters. The number of hydrogen-bond donors (Lipinski definition) is 1. The van der Waals surface area contributed by atoms with Crippen LogP contribution >= 0.6 is 15.9 Å². The number of ether oxygens (including phenoxy) is 1. The van der Waals surface area contributed by atoms with E-state index in [1.165, 1.54) is 0 Å². The number of anilines is 1. The third-order valence-corrected chi connectivity index (χ3v) is 4.41. The van der Waals surface area contributed by atoms with Crippen LogP contribution in [0.15, 0.2) is 22.9 Å². The van der Waals surface area contributed by atoms with Gasteiger partial charge in [0.1, 0.15) is 11.4 Å². The number of rotatable bonds is 3. The summed E-state index contributed by atoms with van der Waals surface area (Å²) in [5.74, 6) is 0.764. The fraction of sp³-hybridized carbons (Fsp3) is 0.562. The fourth-order valence-electron chi connectivity index (χ4n) is 2.77. The van der Waals surface area contributed by atoms with Crippen LogP contribution in [0.2, 0.25) is 0 Å². The third kappa shape index (κ3) is 3.80. The lowest BCUT2D eigenvalue weighted by Gasteiger charge is -2.28. The standard InChI is InChI=1S/C16H22BrN5O2/c1-16(2,3)24-15(23)21-7-4-5-11(21)9-18-13-6-8-22-14(20-13)12(17)10-19-22/h6,8,10-11H,4-5,7,9H2,1-3H3,(H,18,20). The molecule has 24 heavy (non-hydrogen) atoms. The number of carbonyl (C=O) groups excluding carboxylic acids is 1. The Morgan fingerprint density at radius 2 is 2.29 bits per heavy atom. The van der Waals surface area contributed by atoms with E-state index in [1.54, 1.807) is 10.7 Å². The van der Waals surface area contributed by atoms with Crippen molar-refractivity contribution in [2.45, 2.75) is 45.3 Å². The molecular weight excluding hydrogens is 374 g/mol. The van der Waals surface area contributed by atoms with E-state index < -0.39 is 5.60 Å². The van der Waals surface area contributed by atoms with Gasteiger partial charge >= 0.3 is 6.09 Å². The van der Waals surface area contributed by atoms with Gasteiger partial charge < -0.3 is 15.0 Å². The van der Waals surface area contributed by atoms with Gasteiger partial charge in [0.05, 0.1) is 16.7 Å². The van der Waals surface area contributed by atoms with Gasteiger partial charge in [0.25, 0.3) is 0 Å². The van der Waals surface area contributed by atoms with Gasteiger partial charge in [0, 0.05) is 19.3 Å². The first kappa shape index (κ1) is 17.0. The topological polar surface area (TPSA) is 71.8 Å². The van der Waals surface area contributed by atoms with Crippen LogP contribution in [0.5, 0.6) is 0 Å². The fourth-order valence-corrected chi connectivity index (χ4v) is 3.13. The summed E-state index contributed by atoms with van der Waals surface area (Å²) in [7, 11) is 0. The Morgan fingerprint density at radius 1 is 1.50 bits per heavy atom. The monoisotopic (exact) mass is 395 g/mol. The highest BCUT2D eigenvalue weighted by Gasteiger charge is 2.31. The summed E-state index contributed by atoms with van der Waals surface area (Å²) in [6.45, 7) is 7.04. The maximum Gasteiger partial charge on any atom is 0.410 e. The van der Waals surface area contributed by atoms with Gasteiger partial charge in [-0.2, -0.15) is 5.10 Å². The highest BCUT2D eigenvalue weighted by atomic mass is 79.9. The Morgan fingerprint density at radius 3 is 3.04 bits per heavy atom. The van der Waals surface area contributed by atoms with Gasteiger partial charge in [-0.1, -0.05) is 0 Å². The average molecular weight is 396 g/mol. The van der Waals surface area contributed by atoms with Crippen LogP contribution in [0.3, 0.4) is 0 Å². The molecule has 0 saturated carbocycles. The summed E-state index contributed by atoms with van der Waals surface area (Å²) in [6.07, 6.45) is 5.29. The summed E-state index contributed by atoms with van der Waals surface area (Å²) in [5, 5.41) is 7.50. The van der Waals surface area contributed by atoms with E-state index in [0.29, 0.717) is 6.54 Å². The van der Waals surface area contributed by atoms with E-state index >= 15 is 0 Å². The van der Waals surface area contributed by atoms with Crippen LogP contribution < -0.4 is 5.32 Å². The summed E-state index contributed by atoms with van der Waals surface area (Å²) in [6, 6.07) is 1.99. The van der Waals surface area contributed by atoms with E-state index in [0.717, 1.165) is 35.3 Å². The number of nitrogens with one attached hydrogen (secondary N) is 1. The van der Waals surface area contributed by atoms with Crippen LogP contribution in [0, 0.1) is 0 Å². The van der Waals surface area contributed by atoms with Crippen molar-refractivity contribution in [2.75, 3.05) is 18.4 Å². The molecule has 1 atom stereocenters. The second-order valence-corrected chi connectivity index (χ2v) is 7.78. The molecule has 3 rings (SSSR count). The Labute approximate surface area is 149 Å². The van der Waals surface area contributed by atoms with E-state index in [2.05, 4.69) is 31.3 Å². The third-order valence-electron chi connectivity index (χ3n) is 3.85. The normalized spacial score (nSPS) is 18.2. The Kier molecular flexibility index (Phi) is 4.67. The largest absolute Gasteiger partial charge is 0.444 e. The predicted molar refractivity (Wildman–Crippen MR) is 95.1 cm³/mol. The minimum atomic E-state index is -0.474. The quantitative estimate of drug-likeness (QED) is 0.862. The zero-order chi connectivity index (χ0) is 17.3. The van der Waals surface area contributed by atoms with Crippen LogP contribution in [-0.2, 0) is 4.74 Å². The van der Waals surface area contributed by atoms with E-state index in [9.17, 15) is 4.79 Å². The summed E-state index contributed by atoms with van der Waals surface area (Å²) < 4.78 is 8.05. The molecule has 1 N–H and O–H groups in total. The van der Waals surface area contributed by atoms with Gasteiger partial charge in [-0.15, -0.1) is 0 Å². The number of likely N-dealkylation sites (tertiary alicyclic amines) is 1. The van der Waals surface area contributed by atoms with E-state index in [4.69, 9.17) is 4.74 Å². The molecule has 1 amide bonds.